The summed E-state index contributed by atoms with van der Waals surface area (Å²) in [7, 11) is 0. The van der Waals surface area contributed by atoms with Crippen molar-refractivity contribution >= 4 is 43.1 Å². The molecule has 0 saturated heterocycles. The molecule has 0 saturated carbocycles. The van der Waals surface area contributed by atoms with Crippen LogP contribution >= 0.6 is 0 Å². The minimum atomic E-state index is 0.909. The molecule has 10 rings (SSSR count). The summed E-state index contributed by atoms with van der Waals surface area (Å²) in [6, 6.07) is 61.5. The quantitative estimate of drug-likeness (QED) is 0.184. The molecule has 0 amide bonds. The lowest BCUT2D eigenvalue weighted by atomic mass is 9.83. The normalized spacial score (nSPS) is 12.0. The van der Waals surface area contributed by atoms with E-state index in [1.165, 1.54) is 82.0 Å². The van der Waals surface area contributed by atoms with E-state index in [0.717, 1.165) is 17.1 Å². The van der Waals surface area contributed by atoms with Crippen LogP contribution in [0.25, 0.3) is 87.6 Å². The summed E-state index contributed by atoms with van der Waals surface area (Å²) >= 11 is 0. The van der Waals surface area contributed by atoms with E-state index in [1.807, 2.05) is 6.07 Å². The second-order valence-electron chi connectivity index (χ2n) is 12.4. The van der Waals surface area contributed by atoms with E-state index < -0.39 is 0 Å². The zero-order valence-corrected chi connectivity index (χ0v) is 25.6. The van der Waals surface area contributed by atoms with Gasteiger partial charge in [-0.3, -0.25) is 0 Å². The molecule has 0 aromatic heterocycles. The Morgan fingerprint density at radius 2 is 0.809 bits per heavy atom. The van der Waals surface area contributed by atoms with Gasteiger partial charge in [0.15, 0.2) is 0 Å². The van der Waals surface area contributed by atoms with E-state index in [0.29, 0.717) is 0 Å². The molecule has 1 heterocycles. The number of benzene rings is 9. The van der Waals surface area contributed by atoms with E-state index in [-0.39, 0.29) is 0 Å². The van der Waals surface area contributed by atoms with Gasteiger partial charge in [0.2, 0.25) is 0 Å². The van der Waals surface area contributed by atoms with Crippen molar-refractivity contribution < 1.29 is 4.74 Å². The van der Waals surface area contributed by atoms with E-state index in [2.05, 4.69) is 164 Å². The molecule has 0 radical (unpaired) electrons. The van der Waals surface area contributed by atoms with Gasteiger partial charge in [-0.2, -0.15) is 0 Å². The van der Waals surface area contributed by atoms with E-state index >= 15 is 0 Å². The predicted molar refractivity (Wildman–Crippen MR) is 198 cm³/mol. The lowest BCUT2D eigenvalue weighted by Crippen LogP contribution is -1.98. The van der Waals surface area contributed by atoms with Crippen LogP contribution in [0.4, 0.5) is 0 Å². The van der Waals surface area contributed by atoms with Crippen molar-refractivity contribution in [1.82, 2.24) is 0 Å². The Bertz CT molecular complexity index is 2640. The molecule has 0 bridgehead atoms. The van der Waals surface area contributed by atoms with Crippen LogP contribution in [-0.2, 0) is 0 Å². The summed E-state index contributed by atoms with van der Waals surface area (Å²) in [5, 5.41) is 9.91. The van der Waals surface area contributed by atoms with Crippen LogP contribution in [0.5, 0.6) is 11.5 Å². The fraction of sp³-hybridized carbons (Fsp3) is 0. The molecule has 1 aliphatic heterocycles. The Labute approximate surface area is 272 Å². The minimum Gasteiger partial charge on any atom is -0.456 e. The first kappa shape index (κ1) is 26.1. The van der Waals surface area contributed by atoms with Crippen molar-refractivity contribution in [3.63, 3.8) is 0 Å². The third kappa shape index (κ3) is 3.90. The Kier molecular flexibility index (Phi) is 5.64. The Morgan fingerprint density at radius 3 is 1.57 bits per heavy atom. The first-order valence-corrected chi connectivity index (χ1v) is 16.2. The smallest absolute Gasteiger partial charge is 0.135 e. The van der Waals surface area contributed by atoms with Crippen LogP contribution in [-0.4, -0.2) is 0 Å². The maximum absolute atomic E-state index is 6.46. The molecule has 0 atom stereocenters. The molecule has 0 spiro atoms. The fourth-order valence-electron chi connectivity index (χ4n) is 7.82. The Hall–Kier alpha value is -6.18. The SMILES string of the molecule is c1ccc2c(c1)Oc1ccc(-c3c4ccccc4c(-c4ccc(-c5cccc6ccccc56)cc4)c4ccccc34)c3cccc-2c13. The van der Waals surface area contributed by atoms with Gasteiger partial charge in [-0.15, -0.1) is 0 Å². The van der Waals surface area contributed by atoms with Gasteiger partial charge < -0.3 is 4.74 Å². The first-order chi connectivity index (χ1) is 23.3. The van der Waals surface area contributed by atoms with Gasteiger partial charge in [0.05, 0.1) is 0 Å². The lowest BCUT2D eigenvalue weighted by Gasteiger charge is -2.24. The molecule has 0 fully saturated rings. The second kappa shape index (κ2) is 10.2. The largest absolute Gasteiger partial charge is 0.456 e. The molecule has 47 heavy (non-hydrogen) atoms. The highest BCUT2D eigenvalue weighted by molar-refractivity contribution is 6.24. The van der Waals surface area contributed by atoms with Crippen molar-refractivity contribution in [2.75, 3.05) is 0 Å². The average Bonchev–Trinajstić information content (AvgIpc) is 3.14. The predicted octanol–water partition coefficient (Wildman–Crippen LogP) is 13.1. The monoisotopic (exact) mass is 596 g/mol. The third-order valence-electron chi connectivity index (χ3n) is 9.87. The van der Waals surface area contributed by atoms with Crippen LogP contribution < -0.4 is 4.74 Å². The van der Waals surface area contributed by atoms with Crippen LogP contribution in [0.15, 0.2) is 170 Å². The van der Waals surface area contributed by atoms with Gasteiger partial charge in [-0.1, -0.05) is 152 Å². The van der Waals surface area contributed by atoms with Crippen molar-refractivity contribution in [3.05, 3.63) is 170 Å². The topological polar surface area (TPSA) is 9.23 Å². The van der Waals surface area contributed by atoms with Crippen LogP contribution in [0, 0.1) is 0 Å². The Morgan fingerprint density at radius 1 is 0.277 bits per heavy atom. The maximum atomic E-state index is 6.46. The number of ether oxygens (including phenoxy) is 1. The summed E-state index contributed by atoms with van der Waals surface area (Å²) in [6.45, 7) is 0. The first-order valence-electron chi connectivity index (χ1n) is 16.2. The van der Waals surface area contributed by atoms with Crippen molar-refractivity contribution in [1.29, 1.82) is 0 Å². The van der Waals surface area contributed by atoms with Crippen LogP contribution in [0.1, 0.15) is 0 Å². The summed E-state index contributed by atoms with van der Waals surface area (Å²) in [4.78, 5) is 0. The van der Waals surface area contributed by atoms with Gasteiger partial charge in [0.1, 0.15) is 11.5 Å². The molecule has 1 nitrogen and oxygen atoms in total. The van der Waals surface area contributed by atoms with Gasteiger partial charge >= 0.3 is 0 Å². The van der Waals surface area contributed by atoms with Crippen molar-refractivity contribution in [2.24, 2.45) is 0 Å². The number of fused-ring (bicyclic) bond motifs is 5. The zero-order chi connectivity index (χ0) is 30.9. The molecule has 0 aliphatic carbocycles. The van der Waals surface area contributed by atoms with Gasteiger partial charge in [-0.05, 0) is 94.8 Å². The molecule has 9 aromatic carbocycles. The van der Waals surface area contributed by atoms with Gasteiger partial charge in [-0.25, -0.2) is 0 Å². The maximum Gasteiger partial charge on any atom is 0.135 e. The zero-order valence-electron chi connectivity index (χ0n) is 25.6. The summed E-state index contributed by atoms with van der Waals surface area (Å²) in [5.74, 6) is 1.82. The summed E-state index contributed by atoms with van der Waals surface area (Å²) < 4.78 is 6.46. The highest BCUT2D eigenvalue weighted by atomic mass is 16.5. The van der Waals surface area contributed by atoms with Crippen LogP contribution in [0.2, 0.25) is 0 Å². The molecule has 1 aliphatic rings. The van der Waals surface area contributed by atoms with Crippen LogP contribution in [0.3, 0.4) is 0 Å². The average molecular weight is 597 g/mol. The van der Waals surface area contributed by atoms with Crippen molar-refractivity contribution in [3.8, 4) is 56.0 Å². The highest BCUT2D eigenvalue weighted by Gasteiger charge is 2.23. The molecule has 218 valence electrons. The number of rotatable bonds is 3. The van der Waals surface area contributed by atoms with E-state index in [1.54, 1.807) is 0 Å². The van der Waals surface area contributed by atoms with Gasteiger partial charge in [0.25, 0.3) is 0 Å². The molecule has 1 heteroatoms. The lowest BCUT2D eigenvalue weighted by molar-refractivity contribution is 0.487. The molecule has 0 unspecified atom stereocenters. The fourth-order valence-corrected chi connectivity index (χ4v) is 7.82. The standard InChI is InChI=1S/C46H28O/c1-2-13-32-29(11-1)12-9-19-33(32)30-23-25-31(26-24-30)44-36-15-3-5-17-38(36)45(39-18-6-4-16-37(39)44)41-27-28-43-46-35(20-10-21-40(41)46)34-14-7-8-22-42(34)47-43/h1-28H. The highest BCUT2D eigenvalue weighted by Crippen LogP contribution is 2.51. The van der Waals surface area contributed by atoms with Gasteiger partial charge in [0, 0.05) is 10.9 Å². The summed E-state index contributed by atoms with van der Waals surface area (Å²) in [6.07, 6.45) is 0. The minimum absolute atomic E-state index is 0.909. The molecule has 0 N–H and O–H groups in total. The van der Waals surface area contributed by atoms with E-state index in [4.69, 9.17) is 4.74 Å². The third-order valence-corrected chi connectivity index (χ3v) is 9.87. The second-order valence-corrected chi connectivity index (χ2v) is 12.4. The molecule has 9 aromatic rings. The Balaban J connectivity index is 1.21. The number of hydrogen-bond donors (Lipinski definition) is 0. The number of para-hydroxylation sites is 1. The number of hydrogen-bond acceptors (Lipinski definition) is 1. The summed E-state index contributed by atoms with van der Waals surface area (Å²) in [5.41, 5.74) is 9.81. The molecular weight excluding hydrogens is 569 g/mol. The van der Waals surface area contributed by atoms with Crippen molar-refractivity contribution in [2.45, 2.75) is 0 Å². The molecular formula is C46H28O. The van der Waals surface area contributed by atoms with E-state index in [9.17, 15) is 0 Å².